The third-order valence-electron chi connectivity index (χ3n) is 5.15. The molecule has 1 unspecified atom stereocenters. The molecule has 2 saturated heterocycles. The lowest BCUT2D eigenvalue weighted by Crippen LogP contribution is -2.49. The number of anilines is 2. The van der Waals surface area contributed by atoms with Crippen LogP contribution < -0.4 is 10.6 Å². The van der Waals surface area contributed by atoms with Crippen molar-refractivity contribution in [2.75, 3.05) is 63.5 Å². The van der Waals surface area contributed by atoms with Gasteiger partial charge in [-0.3, -0.25) is 4.90 Å². The Morgan fingerprint density at radius 2 is 2.00 bits per heavy atom. The van der Waals surface area contributed by atoms with Crippen LogP contribution in [-0.4, -0.2) is 72.6 Å². The first-order valence-corrected chi connectivity index (χ1v) is 8.93. The number of piperidine rings is 1. The van der Waals surface area contributed by atoms with Crippen molar-refractivity contribution in [1.29, 1.82) is 0 Å². The quantitative estimate of drug-likeness (QED) is 0.896. The van der Waals surface area contributed by atoms with E-state index in [1.807, 2.05) is 6.20 Å². The van der Waals surface area contributed by atoms with Crippen LogP contribution in [0.3, 0.4) is 0 Å². The average Bonchev–Trinajstić information content (AvgIpc) is 2.55. The predicted octanol–water partition coefficient (Wildman–Crippen LogP) is 1.09. The third kappa shape index (κ3) is 4.12. The van der Waals surface area contributed by atoms with Crippen molar-refractivity contribution in [3.63, 3.8) is 0 Å². The van der Waals surface area contributed by atoms with Crippen molar-refractivity contribution < 1.29 is 0 Å². The lowest BCUT2D eigenvalue weighted by Gasteiger charge is -2.39. The normalized spacial score (nSPS) is 24.1. The summed E-state index contributed by atoms with van der Waals surface area (Å²) in [4.78, 5) is 16.1. The van der Waals surface area contributed by atoms with E-state index in [-0.39, 0.29) is 0 Å². The number of nitrogens with two attached hydrogens (primary N) is 1. The van der Waals surface area contributed by atoms with Gasteiger partial charge in [-0.25, -0.2) is 4.98 Å². The molecule has 2 aliphatic heterocycles. The predicted molar refractivity (Wildman–Crippen MR) is 94.7 cm³/mol. The summed E-state index contributed by atoms with van der Waals surface area (Å²) in [5.41, 5.74) is 6.98. The number of hydrogen-bond donors (Lipinski definition) is 1. The van der Waals surface area contributed by atoms with Gasteiger partial charge in [-0.1, -0.05) is 6.92 Å². The van der Waals surface area contributed by atoms with Crippen LogP contribution in [0, 0.1) is 5.92 Å². The van der Waals surface area contributed by atoms with Crippen LogP contribution in [0.1, 0.15) is 25.3 Å². The summed E-state index contributed by atoms with van der Waals surface area (Å²) in [6, 6.07) is 0. The Labute approximate surface area is 139 Å². The van der Waals surface area contributed by atoms with E-state index in [0.717, 1.165) is 44.3 Å². The largest absolute Gasteiger partial charge is 0.368 e. The Morgan fingerprint density at radius 3 is 2.70 bits per heavy atom. The van der Waals surface area contributed by atoms with Crippen molar-refractivity contribution in [3.05, 3.63) is 11.8 Å². The highest BCUT2D eigenvalue weighted by Gasteiger charge is 2.24. The van der Waals surface area contributed by atoms with Gasteiger partial charge in [-0.15, -0.1) is 0 Å². The van der Waals surface area contributed by atoms with Crippen LogP contribution >= 0.6 is 0 Å². The number of rotatable bonds is 4. The lowest BCUT2D eigenvalue weighted by atomic mass is 9.97. The van der Waals surface area contributed by atoms with Crippen LogP contribution in [0.2, 0.25) is 0 Å². The SMILES string of the molecule is CCc1cnc(N)nc1N1CCN(CC2CCCN(C)C2)CC1. The van der Waals surface area contributed by atoms with E-state index in [1.54, 1.807) is 0 Å². The van der Waals surface area contributed by atoms with Gasteiger partial charge in [0.1, 0.15) is 5.82 Å². The number of aryl methyl sites for hydroxylation is 1. The zero-order chi connectivity index (χ0) is 16.2. The van der Waals surface area contributed by atoms with E-state index in [4.69, 9.17) is 5.73 Å². The van der Waals surface area contributed by atoms with Gasteiger partial charge >= 0.3 is 0 Å². The first-order chi connectivity index (χ1) is 11.2. The Bertz CT molecular complexity index is 512. The van der Waals surface area contributed by atoms with Gasteiger partial charge in [-0.05, 0) is 38.8 Å². The molecular weight excluding hydrogens is 288 g/mol. The Hall–Kier alpha value is -1.40. The number of aromatic nitrogens is 2. The highest BCUT2D eigenvalue weighted by atomic mass is 15.3. The van der Waals surface area contributed by atoms with Crippen LogP contribution in [0.15, 0.2) is 6.20 Å². The summed E-state index contributed by atoms with van der Waals surface area (Å²) in [6.07, 6.45) is 5.56. The fourth-order valence-electron chi connectivity index (χ4n) is 3.86. The van der Waals surface area contributed by atoms with E-state index < -0.39 is 0 Å². The molecule has 0 saturated carbocycles. The standard InChI is InChI=1S/C17H30N6/c1-3-15-11-19-17(18)20-16(15)23-9-7-22(8-10-23)13-14-5-4-6-21(2)12-14/h11,14H,3-10,12-13H2,1-2H3,(H2,18,19,20). The highest BCUT2D eigenvalue weighted by Crippen LogP contribution is 2.22. The minimum absolute atomic E-state index is 0.380. The smallest absolute Gasteiger partial charge is 0.221 e. The molecule has 128 valence electrons. The molecular formula is C17H30N6. The summed E-state index contributed by atoms with van der Waals surface area (Å²) in [5, 5.41) is 0. The van der Waals surface area contributed by atoms with Crippen LogP contribution in [-0.2, 0) is 6.42 Å². The van der Waals surface area contributed by atoms with E-state index >= 15 is 0 Å². The number of likely N-dealkylation sites (tertiary alicyclic amines) is 1. The Morgan fingerprint density at radius 1 is 1.22 bits per heavy atom. The van der Waals surface area contributed by atoms with Gasteiger partial charge in [0.15, 0.2) is 0 Å². The van der Waals surface area contributed by atoms with Gasteiger partial charge in [0.25, 0.3) is 0 Å². The van der Waals surface area contributed by atoms with Gasteiger partial charge in [0, 0.05) is 51.0 Å². The molecule has 0 aliphatic carbocycles. The Kier molecular flexibility index (Phi) is 5.33. The third-order valence-corrected chi connectivity index (χ3v) is 5.15. The van der Waals surface area contributed by atoms with Crippen LogP contribution in [0.5, 0.6) is 0 Å². The molecule has 0 amide bonds. The molecule has 0 bridgehead atoms. The zero-order valence-corrected chi connectivity index (χ0v) is 14.5. The molecule has 3 heterocycles. The maximum Gasteiger partial charge on any atom is 0.221 e. The summed E-state index contributed by atoms with van der Waals surface area (Å²) < 4.78 is 0. The minimum atomic E-state index is 0.380. The maximum atomic E-state index is 5.79. The maximum absolute atomic E-state index is 5.79. The summed E-state index contributed by atoms with van der Waals surface area (Å²) in [5.74, 6) is 2.25. The molecule has 6 heteroatoms. The molecule has 1 aromatic rings. The molecule has 1 atom stereocenters. The first kappa shape index (κ1) is 16.5. The molecule has 0 spiro atoms. The van der Waals surface area contributed by atoms with Crippen molar-refractivity contribution in [3.8, 4) is 0 Å². The van der Waals surface area contributed by atoms with Crippen molar-refractivity contribution in [2.24, 2.45) is 5.92 Å². The van der Waals surface area contributed by atoms with Gasteiger partial charge < -0.3 is 15.5 Å². The number of hydrogen-bond acceptors (Lipinski definition) is 6. The average molecular weight is 318 g/mol. The molecule has 3 rings (SSSR count). The molecule has 1 aromatic heterocycles. The molecule has 2 aliphatic rings. The lowest BCUT2D eigenvalue weighted by molar-refractivity contribution is 0.147. The van der Waals surface area contributed by atoms with Crippen molar-refractivity contribution >= 4 is 11.8 Å². The molecule has 0 aromatic carbocycles. The molecule has 6 nitrogen and oxygen atoms in total. The molecule has 0 radical (unpaired) electrons. The highest BCUT2D eigenvalue weighted by molar-refractivity contribution is 5.49. The monoisotopic (exact) mass is 318 g/mol. The fourth-order valence-corrected chi connectivity index (χ4v) is 3.86. The second-order valence-electron chi connectivity index (χ2n) is 6.99. The number of piperazine rings is 1. The zero-order valence-electron chi connectivity index (χ0n) is 14.5. The van der Waals surface area contributed by atoms with E-state index in [2.05, 4.69) is 38.6 Å². The van der Waals surface area contributed by atoms with Gasteiger partial charge in [0.2, 0.25) is 5.95 Å². The molecule has 23 heavy (non-hydrogen) atoms. The Balaban J connectivity index is 1.55. The van der Waals surface area contributed by atoms with Gasteiger partial charge in [-0.2, -0.15) is 4.98 Å². The topological polar surface area (TPSA) is 61.5 Å². The fraction of sp³-hybridized carbons (Fsp3) is 0.765. The van der Waals surface area contributed by atoms with E-state index in [9.17, 15) is 0 Å². The first-order valence-electron chi connectivity index (χ1n) is 8.93. The summed E-state index contributed by atoms with van der Waals surface area (Å²) in [6.45, 7) is 10.2. The number of nitrogens with zero attached hydrogens (tertiary/aromatic N) is 5. The number of nitrogen functional groups attached to an aromatic ring is 1. The summed E-state index contributed by atoms with van der Waals surface area (Å²) >= 11 is 0. The second kappa shape index (κ2) is 7.45. The molecule has 2 fully saturated rings. The second-order valence-corrected chi connectivity index (χ2v) is 6.99. The van der Waals surface area contributed by atoms with E-state index in [0.29, 0.717) is 5.95 Å². The van der Waals surface area contributed by atoms with Crippen LogP contribution in [0.4, 0.5) is 11.8 Å². The van der Waals surface area contributed by atoms with Gasteiger partial charge in [0.05, 0.1) is 0 Å². The van der Waals surface area contributed by atoms with Crippen molar-refractivity contribution in [2.45, 2.75) is 26.2 Å². The summed E-state index contributed by atoms with van der Waals surface area (Å²) in [7, 11) is 2.25. The minimum Gasteiger partial charge on any atom is -0.368 e. The van der Waals surface area contributed by atoms with Crippen molar-refractivity contribution in [1.82, 2.24) is 19.8 Å². The molecule has 2 N–H and O–H groups in total. The van der Waals surface area contributed by atoms with Crippen LogP contribution in [0.25, 0.3) is 0 Å². The van der Waals surface area contributed by atoms with E-state index in [1.165, 1.54) is 38.0 Å².